The second-order valence-electron chi connectivity index (χ2n) is 8.08. The molecule has 0 aliphatic carbocycles. The number of halogens is 3. The largest absolute Gasteiger partial charge is 0.487 e. The molecule has 168 valence electrons. The normalized spacial score (nSPS) is 18.4. The van der Waals surface area contributed by atoms with Gasteiger partial charge in [-0.2, -0.15) is 13.2 Å². The third kappa shape index (κ3) is 4.25. The Hall–Kier alpha value is -2.84. The lowest BCUT2D eigenvalue weighted by atomic mass is 10.0. The van der Waals surface area contributed by atoms with Crippen LogP contribution < -0.4 is 9.64 Å². The maximum absolute atomic E-state index is 13.0. The van der Waals surface area contributed by atoms with Crippen LogP contribution in [0.1, 0.15) is 24.0 Å². The van der Waals surface area contributed by atoms with Gasteiger partial charge in [0.05, 0.1) is 18.8 Å². The molecular formula is C24H23F3N2O3. The quantitative estimate of drug-likeness (QED) is 0.555. The van der Waals surface area contributed by atoms with Crippen LogP contribution in [0.2, 0.25) is 0 Å². The van der Waals surface area contributed by atoms with Crippen molar-refractivity contribution in [3.8, 4) is 5.75 Å². The van der Waals surface area contributed by atoms with E-state index in [2.05, 4.69) is 4.90 Å². The summed E-state index contributed by atoms with van der Waals surface area (Å²) < 4.78 is 56.5. The minimum atomic E-state index is -4.38. The summed E-state index contributed by atoms with van der Waals surface area (Å²) in [5.74, 6) is 0.921. The number of ether oxygens (including phenoxy) is 3. The van der Waals surface area contributed by atoms with E-state index < -0.39 is 17.5 Å². The van der Waals surface area contributed by atoms with Crippen molar-refractivity contribution in [3.05, 3.63) is 65.7 Å². The van der Waals surface area contributed by atoms with Gasteiger partial charge >= 0.3 is 6.18 Å². The molecular weight excluding hydrogens is 421 g/mol. The summed E-state index contributed by atoms with van der Waals surface area (Å²) in [7, 11) is 0. The molecule has 0 bridgehead atoms. The number of aromatic nitrogens is 1. The lowest BCUT2D eigenvalue weighted by Gasteiger charge is -2.38. The van der Waals surface area contributed by atoms with Crippen LogP contribution in [-0.4, -0.2) is 37.1 Å². The Morgan fingerprint density at radius 3 is 2.47 bits per heavy atom. The molecule has 3 aromatic rings. The number of piperidine rings is 1. The Morgan fingerprint density at radius 1 is 0.969 bits per heavy atom. The van der Waals surface area contributed by atoms with Crippen molar-refractivity contribution >= 4 is 16.7 Å². The minimum absolute atomic E-state index is 0.0237. The predicted molar refractivity (Wildman–Crippen MR) is 114 cm³/mol. The van der Waals surface area contributed by atoms with Crippen molar-refractivity contribution in [3.63, 3.8) is 0 Å². The highest BCUT2D eigenvalue weighted by molar-refractivity contribution is 5.86. The number of para-hydroxylation sites is 1. The number of hydrogen-bond donors (Lipinski definition) is 0. The van der Waals surface area contributed by atoms with Crippen molar-refractivity contribution in [2.75, 3.05) is 31.2 Å². The van der Waals surface area contributed by atoms with Crippen LogP contribution >= 0.6 is 0 Å². The number of hydrogen-bond acceptors (Lipinski definition) is 5. The Morgan fingerprint density at radius 2 is 1.72 bits per heavy atom. The van der Waals surface area contributed by atoms with Gasteiger partial charge < -0.3 is 19.1 Å². The molecule has 1 spiro atoms. The molecule has 2 saturated heterocycles. The van der Waals surface area contributed by atoms with Crippen molar-refractivity contribution < 1.29 is 27.4 Å². The molecule has 0 saturated carbocycles. The van der Waals surface area contributed by atoms with E-state index in [4.69, 9.17) is 19.2 Å². The minimum Gasteiger partial charge on any atom is -0.487 e. The van der Waals surface area contributed by atoms with Gasteiger partial charge in [-0.1, -0.05) is 24.3 Å². The van der Waals surface area contributed by atoms with Gasteiger partial charge in [-0.3, -0.25) is 0 Å². The van der Waals surface area contributed by atoms with Gasteiger partial charge in [-0.05, 0) is 35.9 Å². The highest BCUT2D eigenvalue weighted by Crippen LogP contribution is 2.34. The van der Waals surface area contributed by atoms with Crippen molar-refractivity contribution in [2.45, 2.75) is 31.4 Å². The van der Waals surface area contributed by atoms with Gasteiger partial charge in [-0.25, -0.2) is 4.98 Å². The van der Waals surface area contributed by atoms with Gasteiger partial charge in [0.15, 0.2) is 5.79 Å². The third-order valence-electron chi connectivity index (χ3n) is 5.98. The fourth-order valence-corrected chi connectivity index (χ4v) is 4.26. The molecule has 2 aliphatic rings. The fraction of sp³-hybridized carbons (Fsp3) is 0.375. The highest BCUT2D eigenvalue weighted by Gasteiger charge is 2.40. The molecule has 8 heteroatoms. The van der Waals surface area contributed by atoms with Gasteiger partial charge in [0.2, 0.25) is 0 Å². The van der Waals surface area contributed by atoms with Crippen molar-refractivity contribution in [2.24, 2.45) is 0 Å². The Bertz CT molecular complexity index is 1100. The molecule has 3 heterocycles. The highest BCUT2D eigenvalue weighted by atomic mass is 19.4. The average molecular weight is 444 g/mol. The molecule has 2 aliphatic heterocycles. The zero-order chi connectivity index (χ0) is 22.2. The predicted octanol–water partition coefficient (Wildman–Crippen LogP) is 5.18. The number of rotatable bonds is 4. The molecule has 1 aromatic heterocycles. The first kappa shape index (κ1) is 21.0. The molecule has 2 fully saturated rings. The number of pyridine rings is 1. The second kappa shape index (κ2) is 8.26. The maximum Gasteiger partial charge on any atom is 0.416 e. The number of benzene rings is 2. The molecule has 32 heavy (non-hydrogen) atoms. The van der Waals surface area contributed by atoms with Crippen LogP contribution in [-0.2, 0) is 22.3 Å². The van der Waals surface area contributed by atoms with Crippen LogP contribution in [0.15, 0.2) is 54.6 Å². The summed E-state index contributed by atoms with van der Waals surface area (Å²) in [5.41, 5.74) is 0.450. The van der Waals surface area contributed by atoms with E-state index in [1.165, 1.54) is 6.07 Å². The van der Waals surface area contributed by atoms with E-state index in [0.29, 0.717) is 30.0 Å². The molecule has 0 radical (unpaired) electrons. The number of fused-ring (bicyclic) bond motifs is 1. The van der Waals surface area contributed by atoms with Gasteiger partial charge in [0, 0.05) is 31.3 Å². The average Bonchev–Trinajstić information content (AvgIpc) is 3.25. The summed E-state index contributed by atoms with van der Waals surface area (Å²) in [4.78, 5) is 7.02. The van der Waals surface area contributed by atoms with Crippen molar-refractivity contribution in [1.29, 1.82) is 0 Å². The van der Waals surface area contributed by atoms with E-state index in [1.54, 1.807) is 12.1 Å². The van der Waals surface area contributed by atoms with Crippen molar-refractivity contribution in [1.82, 2.24) is 4.98 Å². The maximum atomic E-state index is 13.0. The summed E-state index contributed by atoms with van der Waals surface area (Å²) in [5, 5.41) is 0.909. The lowest BCUT2D eigenvalue weighted by molar-refractivity contribution is -0.169. The molecule has 5 nitrogen and oxygen atoms in total. The standard InChI is InChI=1S/C24H23F3N2O3/c25-24(26,27)19-5-1-3-17(15-19)16-30-20-6-2-4-18-7-8-21(28-22(18)20)29-11-9-23(10-12-29)31-13-14-32-23/h1-8,15H,9-14,16H2. The fourth-order valence-electron chi connectivity index (χ4n) is 4.26. The Balaban J connectivity index is 1.34. The zero-order valence-corrected chi connectivity index (χ0v) is 17.4. The molecule has 0 atom stereocenters. The molecule has 0 N–H and O–H groups in total. The summed E-state index contributed by atoms with van der Waals surface area (Å²) in [6.45, 7) is 2.84. The summed E-state index contributed by atoms with van der Waals surface area (Å²) in [6.07, 6.45) is -2.83. The monoisotopic (exact) mass is 444 g/mol. The van der Waals surface area contributed by atoms with Crippen LogP contribution in [0.25, 0.3) is 10.9 Å². The van der Waals surface area contributed by atoms with E-state index in [-0.39, 0.29) is 6.61 Å². The van der Waals surface area contributed by atoms with Crippen LogP contribution in [0.3, 0.4) is 0 Å². The molecule has 2 aromatic carbocycles. The molecule has 0 amide bonds. The third-order valence-corrected chi connectivity index (χ3v) is 5.98. The second-order valence-corrected chi connectivity index (χ2v) is 8.08. The summed E-state index contributed by atoms with van der Waals surface area (Å²) in [6, 6.07) is 14.7. The lowest BCUT2D eigenvalue weighted by Crippen LogP contribution is -2.45. The smallest absolute Gasteiger partial charge is 0.416 e. The van der Waals surface area contributed by atoms with Crippen LogP contribution in [0, 0.1) is 0 Å². The Kier molecular flexibility index (Phi) is 5.43. The zero-order valence-electron chi connectivity index (χ0n) is 17.4. The summed E-state index contributed by atoms with van der Waals surface area (Å²) >= 11 is 0. The molecule has 5 rings (SSSR count). The number of anilines is 1. The Labute approximate surface area is 183 Å². The van der Waals surface area contributed by atoms with Gasteiger partial charge in [0.25, 0.3) is 0 Å². The first-order chi connectivity index (χ1) is 15.4. The first-order valence-corrected chi connectivity index (χ1v) is 10.6. The van der Waals surface area contributed by atoms with Gasteiger partial charge in [-0.15, -0.1) is 0 Å². The number of alkyl halides is 3. The SMILES string of the molecule is FC(F)(F)c1cccc(COc2cccc3ccc(N4CCC5(CC4)OCCO5)nc23)c1. The van der Waals surface area contributed by atoms with Crippen LogP contribution in [0.5, 0.6) is 5.75 Å². The van der Waals surface area contributed by atoms with Crippen LogP contribution in [0.4, 0.5) is 19.0 Å². The topological polar surface area (TPSA) is 43.8 Å². The van der Waals surface area contributed by atoms with E-state index >= 15 is 0 Å². The number of nitrogens with zero attached hydrogens (tertiary/aromatic N) is 2. The van der Waals surface area contributed by atoms with E-state index in [1.807, 2.05) is 24.3 Å². The first-order valence-electron chi connectivity index (χ1n) is 10.6. The van der Waals surface area contributed by atoms with E-state index in [0.717, 1.165) is 49.3 Å². The molecule has 0 unspecified atom stereocenters. The van der Waals surface area contributed by atoms with E-state index in [9.17, 15) is 13.2 Å². The van der Waals surface area contributed by atoms with Gasteiger partial charge in [0.1, 0.15) is 23.7 Å².